The predicted octanol–water partition coefficient (Wildman–Crippen LogP) is -0.307. The average Bonchev–Trinajstić information content (AvgIpc) is 2.79. The van der Waals surface area contributed by atoms with E-state index >= 15 is 0 Å². The standard InChI is InChI=1S/C20H25NO12P2/c22-11-17-20(25)16(23)10-19(31-17)32-21-18(24)8-12-4-6-13(7-5-12)14-2-1-3-15(9-14)34(26,27)33-35(28,29)30/h1-7,9,16-17,19-20,22-23,25H,8,10-11H2,(H,21,24)(H,26,27)(H2,28,29,30)/t16-,17-,19-,20+/m1/s1. The number of hydrogen-bond donors (Lipinski definition) is 7. The van der Waals surface area contributed by atoms with Crippen molar-refractivity contribution in [2.75, 3.05) is 6.61 Å². The van der Waals surface area contributed by atoms with Crippen molar-refractivity contribution >= 4 is 26.6 Å². The summed E-state index contributed by atoms with van der Waals surface area (Å²) in [6.07, 6.45) is -4.74. The van der Waals surface area contributed by atoms with E-state index in [-0.39, 0.29) is 18.1 Å². The fourth-order valence-electron chi connectivity index (χ4n) is 3.36. The Labute approximate surface area is 199 Å². The lowest BCUT2D eigenvalue weighted by Gasteiger charge is -2.35. The summed E-state index contributed by atoms with van der Waals surface area (Å²) in [4.78, 5) is 44.9. The number of nitrogens with one attached hydrogen (secondary N) is 1. The minimum absolute atomic E-state index is 0.0797. The van der Waals surface area contributed by atoms with Crippen molar-refractivity contribution in [2.24, 2.45) is 0 Å². The van der Waals surface area contributed by atoms with Crippen molar-refractivity contribution in [1.29, 1.82) is 0 Å². The Kier molecular flexibility index (Phi) is 8.97. The molecular formula is C20H25NO12P2. The molecule has 1 heterocycles. The highest BCUT2D eigenvalue weighted by atomic mass is 31.3. The molecule has 0 bridgehead atoms. The molecule has 2 aromatic rings. The summed E-state index contributed by atoms with van der Waals surface area (Å²) in [7, 11) is -9.95. The van der Waals surface area contributed by atoms with Crippen molar-refractivity contribution < 1.29 is 57.8 Å². The van der Waals surface area contributed by atoms with E-state index in [0.717, 1.165) is 0 Å². The van der Waals surface area contributed by atoms with Crippen LogP contribution < -0.4 is 10.8 Å². The van der Waals surface area contributed by atoms with Gasteiger partial charge in [-0.25, -0.2) is 19.2 Å². The summed E-state index contributed by atoms with van der Waals surface area (Å²) in [6.45, 7) is -0.534. The van der Waals surface area contributed by atoms with E-state index in [9.17, 15) is 34.1 Å². The maximum absolute atomic E-state index is 12.2. The van der Waals surface area contributed by atoms with Gasteiger partial charge in [0, 0.05) is 6.42 Å². The second-order valence-electron chi connectivity index (χ2n) is 7.74. The number of carbonyl (C=O) groups is 1. The molecule has 1 saturated heterocycles. The number of aliphatic hydroxyl groups is 3. The van der Waals surface area contributed by atoms with Gasteiger partial charge < -0.3 is 34.7 Å². The van der Waals surface area contributed by atoms with Crippen LogP contribution in [0, 0.1) is 0 Å². The highest BCUT2D eigenvalue weighted by Gasteiger charge is 2.37. The summed E-state index contributed by atoms with van der Waals surface area (Å²) >= 11 is 0. The van der Waals surface area contributed by atoms with Crippen LogP contribution >= 0.6 is 15.4 Å². The van der Waals surface area contributed by atoms with Gasteiger partial charge in [-0.1, -0.05) is 36.4 Å². The molecule has 1 unspecified atom stereocenters. The molecule has 192 valence electrons. The molecule has 0 spiro atoms. The number of phosphoric acid groups is 1. The third-order valence-corrected chi connectivity index (χ3v) is 7.73. The van der Waals surface area contributed by atoms with Gasteiger partial charge >= 0.3 is 15.4 Å². The summed E-state index contributed by atoms with van der Waals surface area (Å²) in [5, 5.41) is 28.3. The molecule has 2 aromatic carbocycles. The number of amides is 1. The SMILES string of the molecule is O=C(Cc1ccc(-c2cccc(P(=O)(O)OP(=O)(O)O)c2)cc1)NO[C@@H]1C[C@@H](O)[C@H](O)[C@@H](CO)O1. The molecular weight excluding hydrogens is 508 g/mol. The Balaban J connectivity index is 1.59. The van der Waals surface area contributed by atoms with Crippen molar-refractivity contribution in [3.8, 4) is 11.1 Å². The third kappa shape index (κ3) is 7.74. The molecule has 3 rings (SSSR count). The van der Waals surface area contributed by atoms with Gasteiger partial charge in [-0.2, -0.15) is 0 Å². The second-order valence-corrected chi connectivity index (χ2v) is 10.9. The number of benzene rings is 2. The number of aliphatic hydroxyl groups excluding tert-OH is 3. The largest absolute Gasteiger partial charge is 0.477 e. The molecule has 13 nitrogen and oxygen atoms in total. The van der Waals surface area contributed by atoms with E-state index in [1.165, 1.54) is 18.2 Å². The summed E-state index contributed by atoms with van der Waals surface area (Å²) in [5.74, 6) is -0.527. The van der Waals surface area contributed by atoms with Crippen LogP contribution in [0.5, 0.6) is 0 Å². The molecule has 0 saturated carbocycles. The lowest BCUT2D eigenvalue weighted by molar-refractivity contribution is -0.272. The zero-order valence-electron chi connectivity index (χ0n) is 18.1. The Bertz CT molecular complexity index is 1120. The molecule has 35 heavy (non-hydrogen) atoms. The van der Waals surface area contributed by atoms with Crippen LogP contribution in [0.1, 0.15) is 12.0 Å². The first-order valence-corrected chi connectivity index (χ1v) is 13.4. The maximum atomic E-state index is 12.2. The van der Waals surface area contributed by atoms with Gasteiger partial charge in [0.1, 0.15) is 12.2 Å². The van der Waals surface area contributed by atoms with Crippen LogP contribution in [0.15, 0.2) is 48.5 Å². The van der Waals surface area contributed by atoms with E-state index in [2.05, 4.69) is 9.79 Å². The highest BCUT2D eigenvalue weighted by Crippen LogP contribution is 2.56. The van der Waals surface area contributed by atoms with E-state index < -0.39 is 52.5 Å². The van der Waals surface area contributed by atoms with Crippen LogP contribution in [-0.2, 0) is 34.2 Å². The van der Waals surface area contributed by atoms with E-state index in [4.69, 9.17) is 19.4 Å². The quantitative estimate of drug-likeness (QED) is 0.163. The van der Waals surface area contributed by atoms with Crippen molar-refractivity contribution in [3.63, 3.8) is 0 Å². The lowest BCUT2D eigenvalue weighted by Crippen LogP contribution is -2.51. The van der Waals surface area contributed by atoms with Crippen LogP contribution in [0.3, 0.4) is 0 Å². The maximum Gasteiger partial charge on any atom is 0.477 e. The predicted molar refractivity (Wildman–Crippen MR) is 120 cm³/mol. The normalized spacial score (nSPS) is 24.5. The first-order valence-electron chi connectivity index (χ1n) is 10.2. The van der Waals surface area contributed by atoms with Gasteiger partial charge in [0.05, 0.1) is 24.4 Å². The zero-order valence-corrected chi connectivity index (χ0v) is 19.9. The molecule has 1 aliphatic heterocycles. The molecule has 1 fully saturated rings. The summed E-state index contributed by atoms with van der Waals surface area (Å²) < 4.78 is 32.4. The average molecular weight is 533 g/mol. The smallest absolute Gasteiger partial charge is 0.394 e. The lowest BCUT2D eigenvalue weighted by atomic mass is 10.0. The van der Waals surface area contributed by atoms with Gasteiger partial charge in [-0.05, 0) is 28.8 Å². The van der Waals surface area contributed by atoms with E-state index in [0.29, 0.717) is 16.7 Å². The number of hydrogen-bond acceptors (Lipinski definition) is 9. The molecule has 0 aliphatic carbocycles. The first kappa shape index (κ1) is 27.6. The number of carbonyl (C=O) groups excluding carboxylic acids is 1. The minimum atomic E-state index is -5.19. The topological polar surface area (TPSA) is 212 Å². The van der Waals surface area contributed by atoms with Gasteiger partial charge in [0.2, 0.25) is 5.91 Å². The fraction of sp³-hybridized carbons (Fsp3) is 0.350. The molecule has 0 aromatic heterocycles. The van der Waals surface area contributed by atoms with Gasteiger partial charge in [0.15, 0.2) is 6.29 Å². The van der Waals surface area contributed by atoms with Gasteiger partial charge in [-0.15, -0.1) is 0 Å². The number of rotatable bonds is 9. The van der Waals surface area contributed by atoms with Crippen molar-refractivity contribution in [2.45, 2.75) is 37.4 Å². The number of hydroxylamine groups is 1. The summed E-state index contributed by atoms with van der Waals surface area (Å²) in [6, 6.07) is 12.1. The Hall–Kier alpha value is -1.99. The van der Waals surface area contributed by atoms with Crippen molar-refractivity contribution in [1.82, 2.24) is 5.48 Å². The fourth-order valence-corrected chi connectivity index (χ4v) is 5.47. The summed E-state index contributed by atoms with van der Waals surface area (Å²) in [5.41, 5.74) is 3.86. The first-order chi connectivity index (χ1) is 16.4. The van der Waals surface area contributed by atoms with Crippen molar-refractivity contribution in [3.05, 3.63) is 54.1 Å². The van der Waals surface area contributed by atoms with E-state index in [1.807, 2.05) is 0 Å². The monoisotopic (exact) mass is 533 g/mol. The Morgan fingerprint density at radius 2 is 1.74 bits per heavy atom. The third-order valence-electron chi connectivity index (χ3n) is 5.06. The van der Waals surface area contributed by atoms with Gasteiger partial charge in [-0.3, -0.25) is 9.36 Å². The van der Waals surface area contributed by atoms with Crippen LogP contribution in [0.4, 0.5) is 0 Å². The molecule has 1 amide bonds. The Morgan fingerprint density at radius 1 is 1.06 bits per heavy atom. The Morgan fingerprint density at radius 3 is 2.37 bits per heavy atom. The zero-order chi connectivity index (χ0) is 25.8. The number of ether oxygens (including phenoxy) is 1. The molecule has 0 radical (unpaired) electrons. The van der Waals surface area contributed by atoms with Crippen LogP contribution in [0.25, 0.3) is 11.1 Å². The molecule has 1 aliphatic rings. The minimum Gasteiger partial charge on any atom is -0.394 e. The van der Waals surface area contributed by atoms with Crippen LogP contribution in [-0.4, -0.2) is 67.1 Å². The molecule has 5 atom stereocenters. The molecule has 15 heteroatoms. The van der Waals surface area contributed by atoms with E-state index in [1.54, 1.807) is 30.3 Å². The van der Waals surface area contributed by atoms with Gasteiger partial charge in [0.25, 0.3) is 0 Å². The highest BCUT2D eigenvalue weighted by molar-refractivity contribution is 7.69. The van der Waals surface area contributed by atoms with Crippen LogP contribution in [0.2, 0.25) is 0 Å². The molecule has 7 N–H and O–H groups in total. The second kappa shape index (κ2) is 11.4.